The van der Waals surface area contributed by atoms with Gasteiger partial charge in [0.25, 0.3) is 21.9 Å². The van der Waals surface area contributed by atoms with Gasteiger partial charge in [0.05, 0.1) is 4.90 Å². The van der Waals surface area contributed by atoms with Crippen LogP contribution in [0.5, 0.6) is 0 Å². The minimum atomic E-state index is -4.02. The molecule has 43 heavy (non-hydrogen) atoms. The average Bonchev–Trinajstić information content (AvgIpc) is 3.23. The number of halogens is 3. The van der Waals surface area contributed by atoms with Crippen LogP contribution in [0.15, 0.2) is 65.6 Å². The highest BCUT2D eigenvalue weighted by molar-refractivity contribution is 7.85. The summed E-state index contributed by atoms with van der Waals surface area (Å²) < 4.78 is 70.3. The molecule has 2 amide bonds. The molecule has 2 heterocycles. The number of aryl methyl sites for hydroxylation is 1. The highest BCUT2D eigenvalue weighted by atomic mass is 32.2. The van der Waals surface area contributed by atoms with E-state index in [-0.39, 0.29) is 46.7 Å². The Morgan fingerprint density at radius 2 is 1.53 bits per heavy atom. The number of nitrogens with two attached hydrogens (primary N) is 1. The topological polar surface area (TPSA) is 130 Å². The maximum atomic E-state index is 14.1. The zero-order chi connectivity index (χ0) is 31.5. The molecule has 2 saturated heterocycles. The molecule has 2 aliphatic heterocycles. The van der Waals surface area contributed by atoms with Crippen LogP contribution in [-0.2, 0) is 16.5 Å². The molecule has 2 fully saturated rings. The monoisotopic (exact) mass is 617 g/mol. The molecule has 0 radical (unpaired) electrons. The quantitative estimate of drug-likeness (QED) is 0.273. The predicted molar refractivity (Wildman–Crippen MR) is 155 cm³/mol. The SMILES string of the molecule is CNC(=O)c1cccc(C(=O)N2C3CCC2CC([C@H](N)Cc2cc(F)c(F)cc2F)C3)c1.Cc1ccc(S(=O)(=O)O)cc1. The third-order valence-electron chi connectivity index (χ3n) is 8.07. The number of rotatable bonds is 6. The summed E-state index contributed by atoms with van der Waals surface area (Å²) in [5.74, 6) is -3.43. The van der Waals surface area contributed by atoms with Crippen molar-refractivity contribution in [1.29, 1.82) is 0 Å². The number of nitrogens with zero attached hydrogens (tertiary/aromatic N) is 1. The molecule has 4 N–H and O–H groups in total. The number of nitrogens with one attached hydrogen (secondary N) is 1. The van der Waals surface area contributed by atoms with Crippen LogP contribution in [0, 0.1) is 30.3 Å². The number of carbonyl (C=O) groups is 2. The van der Waals surface area contributed by atoms with Crippen LogP contribution in [0.1, 0.15) is 57.5 Å². The van der Waals surface area contributed by atoms with Gasteiger partial charge in [0.1, 0.15) is 5.82 Å². The lowest BCUT2D eigenvalue weighted by atomic mass is 9.82. The summed E-state index contributed by atoms with van der Waals surface area (Å²) in [6, 6.07) is 13.7. The number of piperidine rings is 1. The number of hydrogen-bond acceptors (Lipinski definition) is 5. The number of benzene rings is 3. The lowest BCUT2D eigenvalue weighted by Gasteiger charge is -2.41. The highest BCUT2D eigenvalue weighted by Gasteiger charge is 2.44. The molecule has 2 aliphatic rings. The van der Waals surface area contributed by atoms with Crippen molar-refractivity contribution in [3.63, 3.8) is 0 Å². The first-order valence-corrected chi connectivity index (χ1v) is 15.3. The summed E-state index contributed by atoms with van der Waals surface area (Å²) >= 11 is 0. The van der Waals surface area contributed by atoms with Crippen LogP contribution < -0.4 is 11.1 Å². The van der Waals surface area contributed by atoms with Gasteiger partial charge in [-0.2, -0.15) is 8.42 Å². The van der Waals surface area contributed by atoms with Crippen LogP contribution in [0.25, 0.3) is 0 Å². The maximum absolute atomic E-state index is 14.1. The van der Waals surface area contributed by atoms with E-state index in [0.29, 0.717) is 30.0 Å². The van der Waals surface area contributed by atoms with Crippen molar-refractivity contribution in [1.82, 2.24) is 10.2 Å². The van der Waals surface area contributed by atoms with Crippen LogP contribution in [0.3, 0.4) is 0 Å². The van der Waals surface area contributed by atoms with E-state index in [1.807, 2.05) is 11.8 Å². The smallest absolute Gasteiger partial charge is 0.294 e. The van der Waals surface area contributed by atoms with Crippen LogP contribution >= 0.6 is 0 Å². The molecule has 0 aliphatic carbocycles. The van der Waals surface area contributed by atoms with Crippen molar-refractivity contribution in [2.45, 2.75) is 62.0 Å². The minimum absolute atomic E-state index is 0.00996. The molecule has 3 atom stereocenters. The van der Waals surface area contributed by atoms with E-state index in [1.54, 1.807) is 36.4 Å². The Hall–Kier alpha value is -3.74. The summed E-state index contributed by atoms with van der Waals surface area (Å²) in [4.78, 5) is 27.0. The molecule has 230 valence electrons. The van der Waals surface area contributed by atoms with Crippen LogP contribution in [-0.4, -0.2) is 54.9 Å². The molecule has 3 aromatic carbocycles. The Morgan fingerprint density at radius 1 is 0.953 bits per heavy atom. The predicted octanol–water partition coefficient (Wildman–Crippen LogP) is 4.66. The van der Waals surface area contributed by atoms with Crippen molar-refractivity contribution in [2.24, 2.45) is 11.7 Å². The molecule has 2 unspecified atom stereocenters. The molecule has 3 aromatic rings. The second kappa shape index (κ2) is 13.3. The normalized spacial score (nSPS) is 20.2. The second-order valence-corrected chi connectivity index (χ2v) is 12.4. The molecule has 2 bridgehead atoms. The van der Waals surface area contributed by atoms with E-state index < -0.39 is 33.6 Å². The number of carbonyl (C=O) groups excluding carboxylic acids is 2. The Kier molecular flexibility index (Phi) is 9.93. The Balaban J connectivity index is 0.000000324. The van der Waals surface area contributed by atoms with Gasteiger partial charge in [-0.05, 0) is 86.9 Å². The third kappa shape index (κ3) is 7.62. The highest BCUT2D eigenvalue weighted by Crippen LogP contribution is 2.41. The van der Waals surface area contributed by atoms with Gasteiger partial charge < -0.3 is 16.0 Å². The number of hydrogen-bond donors (Lipinski definition) is 3. The number of amides is 2. The molecule has 12 heteroatoms. The molecular weight excluding hydrogens is 583 g/mol. The summed E-state index contributed by atoms with van der Waals surface area (Å²) in [5, 5.41) is 2.56. The summed E-state index contributed by atoms with van der Waals surface area (Å²) in [6.07, 6.45) is 3.16. The zero-order valence-corrected chi connectivity index (χ0v) is 24.6. The van der Waals surface area contributed by atoms with Gasteiger partial charge in [-0.25, -0.2) is 13.2 Å². The van der Waals surface area contributed by atoms with Crippen LogP contribution in [0.4, 0.5) is 13.2 Å². The Morgan fingerprint density at radius 3 is 2.12 bits per heavy atom. The van der Waals surface area contributed by atoms with E-state index >= 15 is 0 Å². The number of fused-ring (bicyclic) bond motifs is 2. The second-order valence-electron chi connectivity index (χ2n) is 11.0. The van der Waals surface area contributed by atoms with E-state index in [1.165, 1.54) is 19.2 Å². The molecule has 8 nitrogen and oxygen atoms in total. The van der Waals surface area contributed by atoms with Gasteiger partial charge in [-0.15, -0.1) is 0 Å². The first kappa shape index (κ1) is 32.2. The fourth-order valence-corrected chi connectivity index (χ4v) is 6.32. The summed E-state index contributed by atoms with van der Waals surface area (Å²) in [5.41, 5.74) is 8.27. The Labute approximate surface area is 248 Å². The molecule has 5 rings (SSSR count). The molecule has 0 saturated carbocycles. The third-order valence-corrected chi connectivity index (χ3v) is 8.94. The lowest BCUT2D eigenvalue weighted by molar-refractivity contribution is 0.0500. The van der Waals surface area contributed by atoms with Gasteiger partial charge in [-0.3, -0.25) is 14.1 Å². The van der Waals surface area contributed by atoms with Gasteiger partial charge >= 0.3 is 0 Å². The van der Waals surface area contributed by atoms with E-state index in [0.717, 1.165) is 24.5 Å². The zero-order valence-electron chi connectivity index (χ0n) is 23.8. The molecule has 0 aromatic heterocycles. The van der Waals surface area contributed by atoms with E-state index in [4.69, 9.17) is 10.3 Å². The van der Waals surface area contributed by atoms with Crippen molar-refractivity contribution in [2.75, 3.05) is 7.05 Å². The summed E-state index contributed by atoms with van der Waals surface area (Å²) in [6.45, 7) is 1.84. The first-order chi connectivity index (χ1) is 20.3. The minimum Gasteiger partial charge on any atom is -0.355 e. The Bertz CT molecular complexity index is 1590. The van der Waals surface area contributed by atoms with Gasteiger partial charge in [0, 0.05) is 42.4 Å². The maximum Gasteiger partial charge on any atom is 0.294 e. The lowest BCUT2D eigenvalue weighted by Crippen LogP contribution is -2.50. The van der Waals surface area contributed by atoms with Gasteiger partial charge in [-0.1, -0.05) is 23.8 Å². The largest absolute Gasteiger partial charge is 0.355 e. The van der Waals surface area contributed by atoms with E-state index in [9.17, 15) is 31.2 Å². The van der Waals surface area contributed by atoms with Gasteiger partial charge in [0.2, 0.25) is 0 Å². The molecule has 0 spiro atoms. The van der Waals surface area contributed by atoms with Crippen molar-refractivity contribution in [3.05, 3.63) is 100 Å². The van der Waals surface area contributed by atoms with Crippen molar-refractivity contribution < 1.29 is 35.7 Å². The van der Waals surface area contributed by atoms with Crippen molar-refractivity contribution in [3.8, 4) is 0 Å². The standard InChI is InChI=1S/C24H26F3N3O2.C7H8O3S/c1-29-23(31)13-3-2-4-14(7-13)24(32)30-17-5-6-18(30)9-16(8-17)22(28)11-15-10-20(26)21(27)12-19(15)25;1-6-2-4-7(5-3-6)11(8,9)10/h2-4,7,10,12,16-18,22H,5-6,8-9,11,28H2,1H3,(H,29,31);2-5H,1H3,(H,8,9,10)/t16?,17?,18?,22-;/m1./s1. The summed E-state index contributed by atoms with van der Waals surface area (Å²) in [7, 11) is -2.48. The fraction of sp³-hybridized carbons (Fsp3) is 0.355. The van der Waals surface area contributed by atoms with Crippen LogP contribution in [0.2, 0.25) is 0 Å². The van der Waals surface area contributed by atoms with Gasteiger partial charge in [0.15, 0.2) is 11.6 Å². The fourth-order valence-electron chi connectivity index (χ4n) is 5.84. The first-order valence-electron chi connectivity index (χ1n) is 13.9. The van der Waals surface area contributed by atoms with E-state index in [2.05, 4.69) is 5.32 Å². The van der Waals surface area contributed by atoms with Crippen molar-refractivity contribution >= 4 is 21.9 Å². The average molecular weight is 618 g/mol. The molecular formula is C31H34F3N3O5S.